The zero-order valence-corrected chi connectivity index (χ0v) is 19.2. The second-order valence-corrected chi connectivity index (χ2v) is 8.15. The van der Waals surface area contributed by atoms with E-state index in [1.165, 1.54) is 26.0 Å². The van der Waals surface area contributed by atoms with Crippen LogP contribution in [0.15, 0.2) is 45.8 Å². The summed E-state index contributed by atoms with van der Waals surface area (Å²) in [6, 6.07) is 10.7. The van der Waals surface area contributed by atoms with Gasteiger partial charge in [0.15, 0.2) is 11.5 Å². The Balaban J connectivity index is 2.13. The Bertz CT molecular complexity index is 874. The normalized spacial score (nSPS) is 11.5. The van der Waals surface area contributed by atoms with Crippen molar-refractivity contribution in [1.29, 1.82) is 0 Å². The van der Waals surface area contributed by atoms with Gasteiger partial charge >= 0.3 is 5.97 Å². The summed E-state index contributed by atoms with van der Waals surface area (Å²) in [4.78, 5) is 25.5. The summed E-state index contributed by atoms with van der Waals surface area (Å²) >= 11 is 4.88. The number of carbonyl (C=O) groups excluding carboxylic acids is 2. The molecule has 8 heteroatoms. The van der Waals surface area contributed by atoms with Crippen LogP contribution in [0.1, 0.15) is 23.6 Å². The maximum Gasteiger partial charge on any atom is 0.307 e. The molecule has 0 aliphatic heterocycles. The van der Waals surface area contributed by atoms with Crippen LogP contribution in [0.3, 0.4) is 0 Å². The predicted molar refractivity (Wildman–Crippen MR) is 117 cm³/mol. The number of nitrogens with one attached hydrogen (secondary N) is 1. The Morgan fingerprint density at radius 2 is 1.79 bits per heavy atom. The summed E-state index contributed by atoms with van der Waals surface area (Å²) in [6.07, 6.45) is 0.0136. The van der Waals surface area contributed by atoms with Crippen LogP contribution in [-0.2, 0) is 14.3 Å². The number of thioether (sulfide) groups is 1. The number of halogens is 1. The van der Waals surface area contributed by atoms with E-state index in [9.17, 15) is 9.59 Å². The van der Waals surface area contributed by atoms with Gasteiger partial charge in [0.25, 0.3) is 0 Å². The van der Waals surface area contributed by atoms with Gasteiger partial charge in [0.05, 0.1) is 39.5 Å². The first-order valence-corrected chi connectivity index (χ1v) is 10.6. The lowest BCUT2D eigenvalue weighted by molar-refractivity contribution is -0.141. The van der Waals surface area contributed by atoms with E-state index in [4.69, 9.17) is 14.2 Å². The second-order valence-electron chi connectivity index (χ2n) is 6.21. The van der Waals surface area contributed by atoms with Crippen molar-refractivity contribution in [2.24, 2.45) is 0 Å². The van der Waals surface area contributed by atoms with Crippen LogP contribution in [-0.4, -0.2) is 39.0 Å². The fourth-order valence-electron chi connectivity index (χ4n) is 2.73. The summed E-state index contributed by atoms with van der Waals surface area (Å²) in [6.45, 7) is 1.99. The van der Waals surface area contributed by atoms with Gasteiger partial charge in [-0.1, -0.05) is 22.0 Å². The molecule has 2 aromatic carbocycles. The predicted octanol–water partition coefficient (Wildman–Crippen LogP) is 4.29. The van der Waals surface area contributed by atoms with E-state index in [1.54, 1.807) is 25.3 Å². The van der Waals surface area contributed by atoms with Gasteiger partial charge in [0.1, 0.15) is 0 Å². The van der Waals surface area contributed by atoms with E-state index >= 15 is 0 Å². The third-order valence-electron chi connectivity index (χ3n) is 4.24. The maximum atomic E-state index is 12.6. The Hall–Kier alpha value is -2.19. The first-order valence-electron chi connectivity index (χ1n) is 8.85. The van der Waals surface area contributed by atoms with Crippen molar-refractivity contribution in [1.82, 2.24) is 5.32 Å². The molecule has 0 saturated heterocycles. The Labute approximate surface area is 183 Å². The average molecular weight is 482 g/mol. The molecular weight excluding hydrogens is 458 g/mol. The number of ether oxygens (including phenoxy) is 3. The van der Waals surface area contributed by atoms with Crippen molar-refractivity contribution < 1.29 is 23.8 Å². The molecule has 1 unspecified atom stereocenters. The standard InChI is InChI=1S/C21H24BrNO5S/c1-13-9-15(22)6-8-19(13)29-12-20(24)23-16(11-21(25)28-4)14-5-7-17(26-2)18(10-14)27-3/h5-10,16H,11-12H2,1-4H3,(H,23,24). The van der Waals surface area contributed by atoms with Gasteiger partial charge in [-0.15, -0.1) is 11.8 Å². The summed E-state index contributed by atoms with van der Waals surface area (Å²) in [7, 11) is 4.40. The minimum atomic E-state index is -0.540. The van der Waals surface area contributed by atoms with Crippen LogP contribution in [0.4, 0.5) is 0 Å². The fourth-order valence-corrected chi connectivity index (χ4v) is 4.02. The SMILES string of the molecule is COC(=O)CC(NC(=O)CSc1ccc(Br)cc1C)c1ccc(OC)c(OC)c1. The quantitative estimate of drug-likeness (QED) is 0.425. The number of methoxy groups -OCH3 is 3. The van der Waals surface area contributed by atoms with Crippen molar-refractivity contribution in [3.05, 3.63) is 52.0 Å². The van der Waals surface area contributed by atoms with Crippen LogP contribution < -0.4 is 14.8 Å². The van der Waals surface area contributed by atoms with Crippen molar-refractivity contribution in [2.45, 2.75) is 24.3 Å². The molecular formula is C21H24BrNO5S. The van der Waals surface area contributed by atoms with Gasteiger partial charge in [-0.25, -0.2) is 0 Å². The van der Waals surface area contributed by atoms with E-state index in [1.807, 2.05) is 25.1 Å². The smallest absolute Gasteiger partial charge is 0.307 e. The first-order chi connectivity index (χ1) is 13.9. The van der Waals surface area contributed by atoms with Crippen LogP contribution >= 0.6 is 27.7 Å². The molecule has 1 atom stereocenters. The van der Waals surface area contributed by atoms with Crippen LogP contribution in [0, 0.1) is 6.92 Å². The lowest BCUT2D eigenvalue weighted by atomic mass is 10.0. The molecule has 0 radical (unpaired) electrons. The van der Waals surface area contributed by atoms with E-state index in [-0.39, 0.29) is 18.1 Å². The molecule has 0 bridgehead atoms. The minimum Gasteiger partial charge on any atom is -0.493 e. The number of benzene rings is 2. The second kappa shape index (κ2) is 11.1. The van der Waals surface area contributed by atoms with Crippen LogP contribution in [0.2, 0.25) is 0 Å². The first kappa shape index (κ1) is 23.1. The van der Waals surface area contributed by atoms with Crippen molar-refractivity contribution in [2.75, 3.05) is 27.1 Å². The van der Waals surface area contributed by atoms with Gasteiger partial charge in [0, 0.05) is 9.37 Å². The summed E-state index contributed by atoms with van der Waals surface area (Å²) in [5.74, 6) is 0.727. The number of carbonyl (C=O) groups is 2. The monoisotopic (exact) mass is 481 g/mol. The highest BCUT2D eigenvalue weighted by atomic mass is 79.9. The molecule has 6 nitrogen and oxygen atoms in total. The Morgan fingerprint density at radius 3 is 2.41 bits per heavy atom. The van der Waals surface area contributed by atoms with Gasteiger partial charge in [-0.05, 0) is 48.4 Å². The molecule has 0 spiro atoms. The van der Waals surface area contributed by atoms with Crippen molar-refractivity contribution in [3.8, 4) is 11.5 Å². The molecule has 1 N–H and O–H groups in total. The fraction of sp³-hybridized carbons (Fsp3) is 0.333. The minimum absolute atomic E-state index is 0.0136. The molecule has 0 fully saturated rings. The molecule has 0 aliphatic rings. The number of hydrogen-bond donors (Lipinski definition) is 1. The van der Waals surface area contributed by atoms with E-state index in [0.717, 1.165) is 20.5 Å². The Kier molecular flexibility index (Phi) is 8.85. The molecule has 0 heterocycles. The summed E-state index contributed by atoms with van der Waals surface area (Å²) in [5, 5.41) is 2.92. The number of amides is 1. The zero-order valence-electron chi connectivity index (χ0n) is 16.8. The van der Waals surface area contributed by atoms with Crippen LogP contribution in [0.25, 0.3) is 0 Å². The van der Waals surface area contributed by atoms with Gasteiger partial charge in [0.2, 0.25) is 5.91 Å². The average Bonchev–Trinajstić information content (AvgIpc) is 2.71. The summed E-state index contributed by atoms with van der Waals surface area (Å²) < 4.78 is 16.4. The van der Waals surface area contributed by atoms with Gasteiger partial charge in [-0.3, -0.25) is 9.59 Å². The third kappa shape index (κ3) is 6.68. The lowest BCUT2D eigenvalue weighted by Gasteiger charge is -2.20. The number of hydrogen-bond acceptors (Lipinski definition) is 6. The van der Waals surface area contributed by atoms with Crippen LogP contribution in [0.5, 0.6) is 11.5 Å². The molecule has 2 rings (SSSR count). The summed E-state index contributed by atoms with van der Waals surface area (Å²) in [5.41, 5.74) is 1.81. The third-order valence-corrected chi connectivity index (χ3v) is 5.91. The van der Waals surface area contributed by atoms with E-state index in [2.05, 4.69) is 21.2 Å². The number of aryl methyl sites for hydroxylation is 1. The molecule has 2 aromatic rings. The highest BCUT2D eigenvalue weighted by Crippen LogP contribution is 2.31. The number of esters is 1. The van der Waals surface area contributed by atoms with E-state index in [0.29, 0.717) is 11.5 Å². The van der Waals surface area contributed by atoms with Crippen molar-refractivity contribution >= 4 is 39.6 Å². The largest absolute Gasteiger partial charge is 0.493 e. The molecule has 0 saturated carbocycles. The topological polar surface area (TPSA) is 73.9 Å². The van der Waals surface area contributed by atoms with Gasteiger partial charge < -0.3 is 19.5 Å². The van der Waals surface area contributed by atoms with Crippen molar-refractivity contribution in [3.63, 3.8) is 0 Å². The molecule has 1 amide bonds. The Morgan fingerprint density at radius 1 is 1.07 bits per heavy atom. The zero-order chi connectivity index (χ0) is 21.4. The molecule has 156 valence electrons. The molecule has 29 heavy (non-hydrogen) atoms. The highest BCUT2D eigenvalue weighted by Gasteiger charge is 2.21. The lowest BCUT2D eigenvalue weighted by Crippen LogP contribution is -2.31. The maximum absolute atomic E-state index is 12.6. The van der Waals surface area contributed by atoms with E-state index < -0.39 is 12.0 Å². The molecule has 0 aromatic heterocycles. The number of rotatable bonds is 9. The highest BCUT2D eigenvalue weighted by molar-refractivity contribution is 9.10. The molecule has 0 aliphatic carbocycles. The van der Waals surface area contributed by atoms with Gasteiger partial charge in [-0.2, -0.15) is 0 Å².